The summed E-state index contributed by atoms with van der Waals surface area (Å²) < 4.78 is 23.4. The van der Waals surface area contributed by atoms with Crippen molar-refractivity contribution in [2.45, 2.75) is 57.0 Å². The Labute approximate surface area is 231 Å². The van der Waals surface area contributed by atoms with Crippen LogP contribution in [0.3, 0.4) is 0 Å². The lowest BCUT2D eigenvalue weighted by atomic mass is 9.77. The van der Waals surface area contributed by atoms with Crippen molar-refractivity contribution in [3.05, 3.63) is 64.7 Å². The summed E-state index contributed by atoms with van der Waals surface area (Å²) in [6, 6.07) is 14.4. The fourth-order valence-corrected chi connectivity index (χ4v) is 6.30. The van der Waals surface area contributed by atoms with E-state index in [1.165, 1.54) is 6.26 Å². The second-order valence-electron chi connectivity index (χ2n) is 11.1. The van der Waals surface area contributed by atoms with Crippen LogP contribution in [-0.4, -0.2) is 62.5 Å². The van der Waals surface area contributed by atoms with Gasteiger partial charge in [-0.05, 0) is 74.2 Å². The molecular formula is C29H38ClN3O4S. The van der Waals surface area contributed by atoms with Crippen LogP contribution in [0.25, 0.3) is 0 Å². The summed E-state index contributed by atoms with van der Waals surface area (Å²) in [6.07, 6.45) is 4.48. The molecule has 1 unspecified atom stereocenters. The fraction of sp³-hybridized carbons (Fsp3) is 0.517. The molecule has 0 saturated carbocycles. The number of amides is 2. The topological polar surface area (TPSA) is 86.8 Å². The Bertz CT molecular complexity index is 1250. The zero-order chi connectivity index (χ0) is 27.5. The van der Waals surface area contributed by atoms with E-state index in [9.17, 15) is 18.0 Å². The van der Waals surface area contributed by atoms with Crippen molar-refractivity contribution < 1.29 is 18.0 Å². The molecule has 2 aromatic rings. The van der Waals surface area contributed by atoms with Gasteiger partial charge in [-0.3, -0.25) is 9.59 Å². The molecule has 2 saturated heterocycles. The average molecular weight is 560 g/mol. The fourth-order valence-electron chi connectivity index (χ4n) is 5.47. The van der Waals surface area contributed by atoms with Crippen molar-refractivity contribution >= 4 is 33.3 Å². The smallest absolute Gasteiger partial charge is 0.229 e. The lowest BCUT2D eigenvalue weighted by Gasteiger charge is -2.38. The molecule has 2 amide bonds. The maximum Gasteiger partial charge on any atom is 0.229 e. The van der Waals surface area contributed by atoms with Gasteiger partial charge in [0.15, 0.2) is 9.84 Å². The minimum Gasteiger partial charge on any atom is -0.349 e. The van der Waals surface area contributed by atoms with Crippen LogP contribution < -0.4 is 5.32 Å². The van der Waals surface area contributed by atoms with Crippen LogP contribution in [0.2, 0.25) is 5.02 Å². The van der Waals surface area contributed by atoms with Gasteiger partial charge in [0.25, 0.3) is 0 Å². The van der Waals surface area contributed by atoms with Gasteiger partial charge >= 0.3 is 0 Å². The van der Waals surface area contributed by atoms with Crippen molar-refractivity contribution in [3.63, 3.8) is 0 Å². The van der Waals surface area contributed by atoms with Gasteiger partial charge in [-0.2, -0.15) is 0 Å². The average Bonchev–Trinajstić information content (AvgIpc) is 3.17. The zero-order valence-electron chi connectivity index (χ0n) is 22.5. The Hall–Kier alpha value is -2.42. The molecule has 2 aliphatic rings. The van der Waals surface area contributed by atoms with E-state index in [2.05, 4.69) is 10.2 Å². The second-order valence-corrected chi connectivity index (χ2v) is 13.5. The standard InChI is InChI=1S/C29H38ClN3O4S/c1-21(2)27(34)31-26(23-5-4-6-24(30)19-23)11-15-32-16-12-29(13-17-32)14-18-33(28(29)35)20-22-7-9-25(10-8-22)38(3,36)37/h4-10,19,21,26H,11-18,20H2,1-3H3,(H,31,34). The van der Waals surface area contributed by atoms with Gasteiger partial charge in [-0.15, -0.1) is 0 Å². The van der Waals surface area contributed by atoms with E-state index in [1.807, 2.05) is 43.0 Å². The van der Waals surface area contributed by atoms with Gasteiger partial charge in [0.05, 0.1) is 16.4 Å². The van der Waals surface area contributed by atoms with Crippen LogP contribution in [0, 0.1) is 11.3 Å². The lowest BCUT2D eigenvalue weighted by molar-refractivity contribution is -0.139. The number of nitrogens with one attached hydrogen (secondary N) is 1. The first kappa shape index (κ1) is 28.6. The predicted molar refractivity (Wildman–Crippen MR) is 149 cm³/mol. The van der Waals surface area contributed by atoms with Crippen LogP contribution in [-0.2, 0) is 26.0 Å². The summed E-state index contributed by atoms with van der Waals surface area (Å²) in [5, 5.41) is 3.83. The monoisotopic (exact) mass is 559 g/mol. The number of carbonyl (C=O) groups is 2. The van der Waals surface area contributed by atoms with E-state index >= 15 is 0 Å². The molecule has 9 heteroatoms. The Balaban J connectivity index is 1.32. The third-order valence-corrected chi connectivity index (χ3v) is 9.33. The number of hydrogen-bond donors (Lipinski definition) is 1. The highest BCUT2D eigenvalue weighted by molar-refractivity contribution is 7.90. The Morgan fingerprint density at radius 1 is 1.05 bits per heavy atom. The molecule has 4 rings (SSSR count). The summed E-state index contributed by atoms with van der Waals surface area (Å²) in [5.74, 6) is 0.140. The Morgan fingerprint density at radius 3 is 2.32 bits per heavy atom. The van der Waals surface area contributed by atoms with Gasteiger partial charge in [0.2, 0.25) is 11.8 Å². The maximum atomic E-state index is 13.4. The van der Waals surface area contributed by atoms with Crippen molar-refractivity contribution in [1.82, 2.24) is 15.1 Å². The first-order chi connectivity index (χ1) is 18.0. The van der Waals surface area contributed by atoms with Crippen molar-refractivity contribution in [2.24, 2.45) is 11.3 Å². The summed E-state index contributed by atoms with van der Waals surface area (Å²) in [5.41, 5.74) is 1.64. The number of sulfone groups is 1. The summed E-state index contributed by atoms with van der Waals surface area (Å²) >= 11 is 6.22. The molecule has 2 heterocycles. The number of nitrogens with zero attached hydrogens (tertiary/aromatic N) is 2. The van der Waals surface area contributed by atoms with Gasteiger partial charge < -0.3 is 15.1 Å². The molecule has 38 heavy (non-hydrogen) atoms. The van der Waals surface area contributed by atoms with Crippen molar-refractivity contribution in [3.8, 4) is 0 Å². The maximum absolute atomic E-state index is 13.4. The third kappa shape index (κ3) is 6.77. The first-order valence-electron chi connectivity index (χ1n) is 13.3. The molecule has 7 nitrogen and oxygen atoms in total. The van der Waals surface area contributed by atoms with Crippen LogP contribution >= 0.6 is 11.6 Å². The van der Waals surface area contributed by atoms with Gasteiger partial charge in [-0.1, -0.05) is 49.7 Å². The largest absolute Gasteiger partial charge is 0.349 e. The van der Waals surface area contributed by atoms with Gasteiger partial charge in [0.1, 0.15) is 0 Å². The summed E-state index contributed by atoms with van der Waals surface area (Å²) in [7, 11) is -3.23. The minimum absolute atomic E-state index is 0.0233. The molecule has 0 bridgehead atoms. The van der Waals surface area contributed by atoms with Crippen molar-refractivity contribution in [2.75, 3.05) is 32.4 Å². The SMILES string of the molecule is CC(C)C(=O)NC(CCN1CCC2(CC1)CCN(Cc1ccc(S(C)(=O)=O)cc1)C2=O)c1cccc(Cl)c1. The number of piperidine rings is 1. The van der Waals surface area contributed by atoms with Crippen LogP contribution in [0.15, 0.2) is 53.4 Å². The molecule has 2 fully saturated rings. The zero-order valence-corrected chi connectivity index (χ0v) is 24.0. The normalized spacial score (nSPS) is 18.8. The predicted octanol–water partition coefficient (Wildman–Crippen LogP) is 4.46. The summed E-state index contributed by atoms with van der Waals surface area (Å²) in [4.78, 5) is 30.5. The molecule has 1 atom stereocenters. The number of hydrogen-bond acceptors (Lipinski definition) is 5. The molecular weight excluding hydrogens is 522 g/mol. The highest BCUT2D eigenvalue weighted by atomic mass is 35.5. The molecule has 1 N–H and O–H groups in total. The molecule has 0 radical (unpaired) electrons. The van der Waals surface area contributed by atoms with Gasteiger partial charge in [-0.25, -0.2) is 8.42 Å². The molecule has 1 spiro atoms. The molecule has 0 aliphatic carbocycles. The summed E-state index contributed by atoms with van der Waals surface area (Å²) in [6.45, 7) is 7.54. The van der Waals surface area contributed by atoms with E-state index < -0.39 is 9.84 Å². The first-order valence-corrected chi connectivity index (χ1v) is 15.6. The van der Waals surface area contributed by atoms with Crippen LogP contribution in [0.4, 0.5) is 0 Å². The highest BCUT2D eigenvalue weighted by Gasteiger charge is 2.47. The number of halogens is 1. The number of carbonyl (C=O) groups excluding carboxylic acids is 2. The Kier molecular flexibility index (Phi) is 8.85. The molecule has 2 aromatic carbocycles. The van der Waals surface area contributed by atoms with Crippen LogP contribution in [0.1, 0.15) is 56.7 Å². The van der Waals surface area contributed by atoms with E-state index in [-0.39, 0.29) is 29.2 Å². The molecule has 0 aromatic heterocycles. The lowest BCUT2D eigenvalue weighted by Crippen LogP contribution is -2.45. The third-order valence-electron chi connectivity index (χ3n) is 7.97. The van der Waals surface area contributed by atoms with Crippen molar-refractivity contribution in [1.29, 1.82) is 0 Å². The van der Waals surface area contributed by atoms with Crippen LogP contribution in [0.5, 0.6) is 0 Å². The van der Waals surface area contributed by atoms with E-state index in [4.69, 9.17) is 11.6 Å². The highest BCUT2D eigenvalue weighted by Crippen LogP contribution is 2.42. The second kappa shape index (κ2) is 11.8. The quantitative estimate of drug-likeness (QED) is 0.490. The Morgan fingerprint density at radius 2 is 1.71 bits per heavy atom. The van der Waals surface area contributed by atoms with E-state index in [1.54, 1.807) is 24.3 Å². The minimum atomic E-state index is -3.23. The number of likely N-dealkylation sites (tertiary alicyclic amines) is 2. The molecule has 2 aliphatic heterocycles. The number of rotatable bonds is 9. The molecule has 206 valence electrons. The number of benzene rings is 2. The van der Waals surface area contributed by atoms with E-state index in [0.29, 0.717) is 16.5 Å². The van der Waals surface area contributed by atoms with E-state index in [0.717, 1.165) is 63.0 Å². The van der Waals surface area contributed by atoms with Gasteiger partial charge in [0, 0.05) is 36.8 Å².